The predicted molar refractivity (Wildman–Crippen MR) is 53.0 cm³/mol. The lowest BCUT2D eigenvalue weighted by molar-refractivity contribution is 0.0696. The average molecular weight is 214 g/mol. The minimum absolute atomic E-state index is 0.00250. The molecular formula is C10H6N4O2. The number of carboxylic acid groups (broad SMARTS) is 1. The molecule has 2 aromatic heterocycles. The van der Waals surface area contributed by atoms with E-state index in [0.717, 1.165) is 0 Å². The molecule has 0 amide bonds. The Bertz CT molecular complexity index is 583. The van der Waals surface area contributed by atoms with Crippen LogP contribution in [0, 0.1) is 11.3 Å². The zero-order valence-electron chi connectivity index (χ0n) is 8.03. The lowest BCUT2D eigenvalue weighted by Gasteiger charge is -2.05. The van der Waals surface area contributed by atoms with E-state index in [1.54, 1.807) is 18.3 Å². The Morgan fingerprint density at radius 3 is 3.00 bits per heavy atom. The molecule has 0 bridgehead atoms. The van der Waals surface area contributed by atoms with Crippen molar-refractivity contribution in [1.82, 2.24) is 14.8 Å². The van der Waals surface area contributed by atoms with Gasteiger partial charge in [0.25, 0.3) is 0 Å². The molecule has 6 heteroatoms. The van der Waals surface area contributed by atoms with Crippen LogP contribution in [0.25, 0.3) is 5.82 Å². The molecule has 2 heterocycles. The van der Waals surface area contributed by atoms with Crippen LogP contribution in [0.4, 0.5) is 0 Å². The number of aromatic nitrogens is 3. The van der Waals surface area contributed by atoms with Crippen LogP contribution in [0.15, 0.2) is 30.6 Å². The Labute approximate surface area is 90.4 Å². The molecule has 0 spiro atoms. The molecule has 78 valence electrons. The second-order valence-electron chi connectivity index (χ2n) is 2.95. The third-order valence-electron chi connectivity index (χ3n) is 2.02. The maximum absolute atomic E-state index is 11.0. The van der Waals surface area contributed by atoms with Crippen LogP contribution in [0.3, 0.4) is 0 Å². The van der Waals surface area contributed by atoms with Gasteiger partial charge in [0.1, 0.15) is 17.3 Å². The highest BCUT2D eigenvalue weighted by molar-refractivity contribution is 5.90. The van der Waals surface area contributed by atoms with Gasteiger partial charge < -0.3 is 5.11 Å². The topological polar surface area (TPSA) is 91.8 Å². The molecule has 16 heavy (non-hydrogen) atoms. The van der Waals surface area contributed by atoms with Gasteiger partial charge in [-0.2, -0.15) is 10.4 Å². The number of nitriles is 1. The molecule has 0 atom stereocenters. The minimum atomic E-state index is -1.11. The van der Waals surface area contributed by atoms with Crippen molar-refractivity contribution in [1.29, 1.82) is 5.26 Å². The fraction of sp³-hybridized carbons (Fsp3) is 0. The smallest absolute Gasteiger partial charge is 0.339 e. The van der Waals surface area contributed by atoms with E-state index < -0.39 is 5.97 Å². The van der Waals surface area contributed by atoms with Crippen LogP contribution in [0.2, 0.25) is 0 Å². The first-order chi connectivity index (χ1) is 7.74. The van der Waals surface area contributed by atoms with Gasteiger partial charge >= 0.3 is 5.97 Å². The fourth-order valence-electron chi connectivity index (χ4n) is 1.33. The van der Waals surface area contributed by atoms with Crippen molar-refractivity contribution in [3.05, 3.63) is 41.9 Å². The largest absolute Gasteiger partial charge is 0.478 e. The molecule has 0 aliphatic rings. The van der Waals surface area contributed by atoms with Gasteiger partial charge in [0.2, 0.25) is 0 Å². The van der Waals surface area contributed by atoms with E-state index >= 15 is 0 Å². The second-order valence-corrected chi connectivity index (χ2v) is 2.95. The first kappa shape index (κ1) is 9.86. The zero-order valence-corrected chi connectivity index (χ0v) is 8.03. The van der Waals surface area contributed by atoms with Crippen LogP contribution < -0.4 is 0 Å². The normalized spacial score (nSPS) is 9.69. The third-order valence-corrected chi connectivity index (χ3v) is 2.02. The van der Waals surface area contributed by atoms with Crippen LogP contribution in [-0.4, -0.2) is 25.8 Å². The maximum Gasteiger partial charge on any atom is 0.339 e. The second kappa shape index (κ2) is 3.82. The highest BCUT2D eigenvalue weighted by Crippen LogP contribution is 2.13. The van der Waals surface area contributed by atoms with E-state index in [0.29, 0.717) is 5.69 Å². The summed E-state index contributed by atoms with van der Waals surface area (Å²) in [6.45, 7) is 0. The van der Waals surface area contributed by atoms with E-state index in [1.165, 1.54) is 16.8 Å². The molecule has 0 aliphatic carbocycles. The quantitative estimate of drug-likeness (QED) is 0.799. The Morgan fingerprint density at radius 2 is 2.31 bits per heavy atom. The predicted octanol–water partition coefficient (Wildman–Crippen LogP) is 0.837. The molecule has 1 N–H and O–H groups in total. The van der Waals surface area contributed by atoms with Crippen molar-refractivity contribution in [2.75, 3.05) is 0 Å². The molecule has 0 radical (unpaired) electrons. The highest BCUT2D eigenvalue weighted by Gasteiger charge is 2.14. The van der Waals surface area contributed by atoms with E-state index in [-0.39, 0.29) is 11.4 Å². The molecular weight excluding hydrogens is 208 g/mol. The number of hydrogen-bond donors (Lipinski definition) is 1. The van der Waals surface area contributed by atoms with Gasteiger partial charge in [-0.1, -0.05) is 0 Å². The summed E-state index contributed by atoms with van der Waals surface area (Å²) in [5.74, 6) is -0.973. The molecule has 0 fully saturated rings. The molecule has 2 rings (SSSR count). The van der Waals surface area contributed by atoms with Crippen molar-refractivity contribution in [3.8, 4) is 11.9 Å². The number of hydrogen-bond acceptors (Lipinski definition) is 4. The maximum atomic E-state index is 11.0. The van der Waals surface area contributed by atoms with Crippen molar-refractivity contribution in [2.24, 2.45) is 0 Å². The Balaban J connectivity index is 2.66. The lowest BCUT2D eigenvalue weighted by Crippen LogP contribution is -2.09. The monoisotopic (exact) mass is 214 g/mol. The fourth-order valence-corrected chi connectivity index (χ4v) is 1.33. The van der Waals surface area contributed by atoms with Gasteiger partial charge in [-0.15, -0.1) is 5.10 Å². The summed E-state index contributed by atoms with van der Waals surface area (Å²) in [6, 6.07) is 6.49. The van der Waals surface area contributed by atoms with Gasteiger partial charge in [0.05, 0.1) is 6.20 Å². The number of nitrogens with zero attached hydrogens (tertiary/aromatic N) is 4. The summed E-state index contributed by atoms with van der Waals surface area (Å²) < 4.78 is 1.39. The van der Waals surface area contributed by atoms with Crippen LogP contribution >= 0.6 is 0 Å². The Kier molecular flexibility index (Phi) is 2.36. The number of carboxylic acids is 1. The van der Waals surface area contributed by atoms with Crippen LogP contribution in [0.5, 0.6) is 0 Å². The Hall–Kier alpha value is -2.68. The molecule has 0 unspecified atom stereocenters. The molecule has 2 aromatic rings. The Morgan fingerprint density at radius 1 is 1.50 bits per heavy atom. The van der Waals surface area contributed by atoms with E-state index in [2.05, 4.69) is 10.2 Å². The van der Waals surface area contributed by atoms with E-state index in [4.69, 9.17) is 10.4 Å². The van der Waals surface area contributed by atoms with Crippen molar-refractivity contribution >= 4 is 5.97 Å². The van der Waals surface area contributed by atoms with Gasteiger partial charge in [-0.05, 0) is 18.2 Å². The van der Waals surface area contributed by atoms with Crippen molar-refractivity contribution in [2.45, 2.75) is 0 Å². The summed E-state index contributed by atoms with van der Waals surface area (Å²) in [7, 11) is 0. The van der Waals surface area contributed by atoms with Crippen molar-refractivity contribution < 1.29 is 9.90 Å². The number of aromatic carboxylic acids is 1. The van der Waals surface area contributed by atoms with Crippen LogP contribution in [-0.2, 0) is 0 Å². The summed E-state index contributed by atoms with van der Waals surface area (Å²) in [5, 5.41) is 25.1. The number of carbonyl (C=O) groups is 1. The van der Waals surface area contributed by atoms with Gasteiger partial charge in [0.15, 0.2) is 5.82 Å². The summed E-state index contributed by atoms with van der Waals surface area (Å²) in [5.41, 5.74) is 0.311. The number of rotatable bonds is 2. The molecule has 6 nitrogen and oxygen atoms in total. The molecule has 0 saturated heterocycles. The first-order valence-electron chi connectivity index (χ1n) is 4.37. The summed E-state index contributed by atoms with van der Waals surface area (Å²) in [6.07, 6.45) is 2.86. The van der Waals surface area contributed by atoms with E-state index in [9.17, 15) is 4.79 Å². The summed E-state index contributed by atoms with van der Waals surface area (Å²) in [4.78, 5) is 11.0. The third kappa shape index (κ3) is 1.50. The average Bonchev–Trinajstić information content (AvgIpc) is 2.76. The molecule has 0 saturated carbocycles. The van der Waals surface area contributed by atoms with Gasteiger partial charge in [-0.25, -0.2) is 4.79 Å². The zero-order chi connectivity index (χ0) is 11.5. The SMILES string of the molecule is N#Cc1cccn1-c1nnccc1C(=O)O. The van der Waals surface area contributed by atoms with Gasteiger partial charge in [-0.3, -0.25) is 4.57 Å². The molecule has 0 aromatic carbocycles. The van der Waals surface area contributed by atoms with Gasteiger partial charge in [0, 0.05) is 6.20 Å². The first-order valence-corrected chi connectivity index (χ1v) is 4.37. The van der Waals surface area contributed by atoms with Crippen LogP contribution in [0.1, 0.15) is 16.1 Å². The lowest BCUT2D eigenvalue weighted by atomic mass is 10.3. The van der Waals surface area contributed by atoms with E-state index in [1.807, 2.05) is 6.07 Å². The standard InChI is InChI=1S/C10H6N4O2/c11-6-7-2-1-5-14(7)9-8(10(15)16)3-4-12-13-9/h1-5H,(H,15,16). The highest BCUT2D eigenvalue weighted by atomic mass is 16.4. The van der Waals surface area contributed by atoms with Crippen molar-refractivity contribution in [3.63, 3.8) is 0 Å². The summed E-state index contributed by atoms with van der Waals surface area (Å²) >= 11 is 0. The minimum Gasteiger partial charge on any atom is -0.478 e. The molecule has 0 aliphatic heterocycles.